The fourth-order valence-electron chi connectivity index (χ4n) is 5.34. The van der Waals surface area contributed by atoms with Gasteiger partial charge in [-0.05, 0) is 59.0 Å². The predicted octanol–water partition coefficient (Wildman–Crippen LogP) is 3.16. The molecule has 0 saturated heterocycles. The van der Waals surface area contributed by atoms with Crippen molar-refractivity contribution in [2.75, 3.05) is 13.1 Å². The lowest BCUT2D eigenvalue weighted by molar-refractivity contribution is 0.400. The molecule has 0 radical (unpaired) electrons. The summed E-state index contributed by atoms with van der Waals surface area (Å²) in [4.78, 5) is 0. The van der Waals surface area contributed by atoms with Crippen LogP contribution in [0.2, 0.25) is 25.2 Å². The largest absolute Gasteiger partial charge is 0.429 e. The molecule has 4 nitrogen and oxygen atoms in total. The zero-order valence-electron chi connectivity index (χ0n) is 21.8. The number of benzene rings is 4. The molecule has 0 aliphatic heterocycles. The molecular formula is C30H38N2O2Si3. The van der Waals surface area contributed by atoms with E-state index in [-0.39, 0.29) is 0 Å². The van der Waals surface area contributed by atoms with Gasteiger partial charge in [0, 0.05) is 0 Å². The SMILES string of the molecule is C[Si](C)(O[Si](CCN)(c1ccccc1)c1ccccc1)O[Si](CCN)(c1ccccc1)c1ccccc1. The normalized spacial score (nSPS) is 12.4. The summed E-state index contributed by atoms with van der Waals surface area (Å²) in [6.45, 7) is 5.48. The maximum Gasteiger partial charge on any atom is 0.312 e. The monoisotopic (exact) mass is 542 g/mol. The van der Waals surface area contributed by atoms with Crippen LogP contribution in [0.15, 0.2) is 121 Å². The third-order valence-electron chi connectivity index (χ3n) is 6.79. The summed E-state index contributed by atoms with van der Waals surface area (Å²) in [5.74, 6) is 0. The first-order valence-corrected chi connectivity index (χ1v) is 20.0. The zero-order valence-corrected chi connectivity index (χ0v) is 24.8. The summed E-state index contributed by atoms with van der Waals surface area (Å²) in [7, 11) is -8.18. The van der Waals surface area contributed by atoms with Crippen LogP contribution in [0.3, 0.4) is 0 Å². The molecule has 0 aliphatic carbocycles. The Bertz CT molecular complexity index is 1050. The quantitative estimate of drug-likeness (QED) is 0.270. The van der Waals surface area contributed by atoms with Crippen molar-refractivity contribution in [1.82, 2.24) is 0 Å². The van der Waals surface area contributed by atoms with E-state index in [0.717, 1.165) is 12.1 Å². The van der Waals surface area contributed by atoms with Crippen LogP contribution >= 0.6 is 0 Å². The Labute approximate surface area is 224 Å². The molecule has 0 aromatic heterocycles. The van der Waals surface area contributed by atoms with Gasteiger partial charge in [-0.25, -0.2) is 0 Å². The Morgan fingerprint density at radius 1 is 0.459 bits per heavy atom. The predicted molar refractivity (Wildman–Crippen MR) is 163 cm³/mol. The van der Waals surface area contributed by atoms with Gasteiger partial charge >= 0.3 is 8.56 Å². The van der Waals surface area contributed by atoms with Gasteiger partial charge in [0.05, 0.1) is 0 Å². The minimum atomic E-state index is -2.77. The molecule has 4 N–H and O–H groups in total. The number of hydrogen-bond donors (Lipinski definition) is 2. The molecule has 0 bridgehead atoms. The highest BCUT2D eigenvalue weighted by Gasteiger charge is 2.50. The molecule has 0 spiro atoms. The summed E-state index contributed by atoms with van der Waals surface area (Å²) < 4.78 is 14.9. The van der Waals surface area contributed by atoms with Crippen molar-refractivity contribution >= 4 is 45.9 Å². The Morgan fingerprint density at radius 2 is 0.703 bits per heavy atom. The van der Waals surface area contributed by atoms with Gasteiger partial charge in [-0.2, -0.15) is 0 Å². The Balaban J connectivity index is 1.85. The molecule has 0 atom stereocenters. The van der Waals surface area contributed by atoms with Crippen LogP contribution in [-0.2, 0) is 8.23 Å². The van der Waals surface area contributed by atoms with Crippen molar-refractivity contribution in [3.05, 3.63) is 121 Å². The third-order valence-corrected chi connectivity index (χ3v) is 20.6. The van der Waals surface area contributed by atoms with E-state index in [1.165, 1.54) is 20.7 Å². The topological polar surface area (TPSA) is 70.5 Å². The van der Waals surface area contributed by atoms with Gasteiger partial charge in [0.1, 0.15) is 0 Å². The average Bonchev–Trinajstić information content (AvgIpc) is 2.94. The maximum atomic E-state index is 7.45. The van der Waals surface area contributed by atoms with Crippen LogP contribution in [0.25, 0.3) is 0 Å². The first-order valence-electron chi connectivity index (χ1n) is 13.0. The molecule has 0 fully saturated rings. The standard InChI is InChI=1S/C30H38N2O2Si3/c1-35(2,33-36(25-23-31,27-15-7-3-8-16-27)28-17-9-4-10-18-28)34-37(26-24-32,29-19-11-5-12-20-29)30-21-13-6-14-22-30/h3-22H,23-26,31-32H2,1-2H3. The van der Waals surface area contributed by atoms with Crippen molar-refractivity contribution < 1.29 is 8.23 Å². The number of hydrogen-bond acceptors (Lipinski definition) is 4. The molecule has 192 valence electrons. The summed E-state index contributed by atoms with van der Waals surface area (Å²) >= 11 is 0. The van der Waals surface area contributed by atoms with E-state index in [9.17, 15) is 0 Å². The van der Waals surface area contributed by atoms with Crippen LogP contribution in [0, 0.1) is 0 Å². The maximum absolute atomic E-state index is 7.45. The molecular weight excluding hydrogens is 505 g/mol. The van der Waals surface area contributed by atoms with Gasteiger partial charge < -0.3 is 19.7 Å². The minimum Gasteiger partial charge on any atom is -0.429 e. The van der Waals surface area contributed by atoms with Gasteiger partial charge in [0.25, 0.3) is 0 Å². The van der Waals surface area contributed by atoms with Crippen LogP contribution in [0.4, 0.5) is 0 Å². The fraction of sp³-hybridized carbons (Fsp3) is 0.200. The lowest BCUT2D eigenvalue weighted by atomic mass is 10.4. The van der Waals surface area contributed by atoms with Crippen molar-refractivity contribution in [1.29, 1.82) is 0 Å². The molecule has 0 heterocycles. The molecule has 0 amide bonds. The van der Waals surface area contributed by atoms with Crippen molar-refractivity contribution in [2.45, 2.75) is 25.2 Å². The molecule has 0 saturated carbocycles. The van der Waals surface area contributed by atoms with Crippen LogP contribution in [0.5, 0.6) is 0 Å². The summed E-state index contributed by atoms with van der Waals surface area (Å²) in [5, 5.41) is 4.89. The van der Waals surface area contributed by atoms with E-state index in [2.05, 4.69) is 134 Å². The second-order valence-corrected chi connectivity index (χ2v) is 20.8. The number of nitrogens with two attached hydrogens (primary N) is 2. The van der Waals surface area contributed by atoms with E-state index >= 15 is 0 Å². The summed E-state index contributed by atoms with van der Waals surface area (Å²) in [6.07, 6.45) is 0. The van der Waals surface area contributed by atoms with Gasteiger partial charge in [-0.15, -0.1) is 0 Å². The highest BCUT2D eigenvalue weighted by Crippen LogP contribution is 2.25. The smallest absolute Gasteiger partial charge is 0.312 e. The zero-order chi connectivity index (χ0) is 26.2. The molecule has 4 aromatic rings. The van der Waals surface area contributed by atoms with Gasteiger partial charge in [-0.1, -0.05) is 121 Å². The second-order valence-electron chi connectivity index (χ2n) is 9.80. The van der Waals surface area contributed by atoms with Gasteiger partial charge in [0.2, 0.25) is 16.6 Å². The first kappa shape index (κ1) is 27.4. The van der Waals surface area contributed by atoms with Crippen LogP contribution < -0.4 is 32.2 Å². The molecule has 4 rings (SSSR count). The van der Waals surface area contributed by atoms with Gasteiger partial charge in [-0.3, -0.25) is 0 Å². The van der Waals surface area contributed by atoms with Crippen molar-refractivity contribution in [2.24, 2.45) is 11.5 Å². The van der Waals surface area contributed by atoms with E-state index < -0.39 is 25.2 Å². The van der Waals surface area contributed by atoms with Crippen LogP contribution in [-0.4, -0.2) is 38.3 Å². The molecule has 7 heteroatoms. The molecule has 37 heavy (non-hydrogen) atoms. The van der Waals surface area contributed by atoms with E-state index in [4.69, 9.17) is 19.7 Å². The minimum absolute atomic E-state index is 0.545. The Kier molecular flexibility index (Phi) is 9.09. The molecule has 0 unspecified atom stereocenters. The molecule has 0 aliphatic rings. The fourth-order valence-corrected chi connectivity index (χ4v) is 20.9. The second kappa shape index (κ2) is 12.3. The Morgan fingerprint density at radius 3 is 0.919 bits per heavy atom. The first-order chi connectivity index (χ1) is 18.0. The Hall–Kier alpha value is -2.63. The summed E-state index contributed by atoms with van der Waals surface area (Å²) in [5.41, 5.74) is 12.6. The lowest BCUT2D eigenvalue weighted by Crippen LogP contribution is -2.71. The third kappa shape index (κ3) is 6.10. The average molecular weight is 543 g/mol. The molecule has 4 aromatic carbocycles. The van der Waals surface area contributed by atoms with Crippen molar-refractivity contribution in [3.8, 4) is 0 Å². The van der Waals surface area contributed by atoms with E-state index in [1.807, 2.05) is 0 Å². The van der Waals surface area contributed by atoms with Gasteiger partial charge in [0.15, 0.2) is 0 Å². The summed E-state index contributed by atoms with van der Waals surface area (Å²) in [6, 6.07) is 44.1. The number of rotatable bonds is 12. The lowest BCUT2D eigenvalue weighted by Gasteiger charge is -2.44. The van der Waals surface area contributed by atoms with Crippen LogP contribution in [0.1, 0.15) is 0 Å². The highest BCUT2D eigenvalue weighted by atomic mass is 28.5. The highest BCUT2D eigenvalue weighted by molar-refractivity contribution is 7.05. The van der Waals surface area contributed by atoms with E-state index in [1.54, 1.807) is 0 Å². The van der Waals surface area contributed by atoms with E-state index in [0.29, 0.717) is 13.1 Å². The van der Waals surface area contributed by atoms with Crippen molar-refractivity contribution in [3.63, 3.8) is 0 Å².